The first-order valence-corrected chi connectivity index (χ1v) is 29.0. The van der Waals surface area contributed by atoms with Crippen LogP contribution in [0.5, 0.6) is 0 Å². The number of hydrogen-bond acceptors (Lipinski definition) is 14. The summed E-state index contributed by atoms with van der Waals surface area (Å²) < 4.78 is 34.4. The molecule has 2 saturated heterocycles. The van der Waals surface area contributed by atoms with Gasteiger partial charge in [0.15, 0.2) is 12.6 Å². The number of rotatable bonds is 46. The Morgan fingerprint density at radius 2 is 0.878 bits per heavy atom. The number of carbonyl (C=O) groups is 1. The summed E-state index contributed by atoms with van der Waals surface area (Å²) in [5.41, 5.74) is 0. The Morgan fingerprint density at radius 3 is 1.38 bits per heavy atom. The van der Waals surface area contributed by atoms with Crippen LogP contribution in [0.4, 0.5) is 0 Å². The van der Waals surface area contributed by atoms with E-state index in [1.54, 1.807) is 0 Å². The standard InChI is InChI=1S/C60H104O14/c1-3-5-7-9-11-13-15-17-19-20-21-22-23-24-25-26-27-28-29-30-32-34-36-38-40-42-44-69-46-49(72-52(62)43-41-39-37-35-33-31-18-16-14-12-10-8-6-4-2)47-70-59-58(68)56(66)54(64)51(74-59)48-71-60-57(67)55(65)53(63)50(45-61)73-60/h5,7,11,13,17,19,21-22,24-25,27-28,49-51,53-61,63-68H,3-4,6,8-10,12,14-16,18,20,23,26,29-48H2,1-2H3/b7-5-,13-11-,19-17-,22-21-,25-24-,28-27-. The van der Waals surface area contributed by atoms with Crippen LogP contribution in [0.1, 0.15) is 200 Å². The molecule has 0 aromatic carbocycles. The Bertz CT molecular complexity index is 1500. The second-order valence-corrected chi connectivity index (χ2v) is 20.1. The number of unbranched alkanes of at least 4 members (excludes halogenated alkanes) is 20. The van der Waals surface area contributed by atoms with E-state index in [4.69, 9.17) is 28.4 Å². The van der Waals surface area contributed by atoms with Gasteiger partial charge in [0.1, 0.15) is 54.9 Å². The van der Waals surface area contributed by atoms with Crippen LogP contribution < -0.4 is 0 Å². The van der Waals surface area contributed by atoms with E-state index in [2.05, 4.69) is 86.8 Å². The Morgan fingerprint density at radius 1 is 0.459 bits per heavy atom. The SMILES string of the molecule is CC/C=C\C/C=C\C/C=C\C/C=C\C/C=C\C/C=C\CCCCCCCCCOCC(COC1OC(COC2OC(CO)C(O)C(O)C2O)C(O)C(O)C1O)OC(=O)CCCCCCCCCCCCCCCC. The van der Waals surface area contributed by atoms with Gasteiger partial charge in [-0.1, -0.05) is 202 Å². The van der Waals surface area contributed by atoms with Gasteiger partial charge < -0.3 is 64.2 Å². The van der Waals surface area contributed by atoms with Gasteiger partial charge in [0.2, 0.25) is 0 Å². The van der Waals surface area contributed by atoms with E-state index < -0.39 is 80.7 Å². The van der Waals surface area contributed by atoms with Crippen molar-refractivity contribution in [2.75, 3.05) is 33.0 Å². The molecule has 0 aliphatic carbocycles. The van der Waals surface area contributed by atoms with Crippen molar-refractivity contribution < 1.29 is 69.0 Å². The minimum absolute atomic E-state index is 0.0523. The highest BCUT2D eigenvalue weighted by atomic mass is 16.7. The molecule has 0 spiro atoms. The fourth-order valence-electron chi connectivity index (χ4n) is 8.82. The van der Waals surface area contributed by atoms with E-state index in [0.29, 0.717) is 13.0 Å². The summed E-state index contributed by atoms with van der Waals surface area (Å²) in [6, 6.07) is 0. The topological polar surface area (TPSA) is 214 Å². The average molecular weight is 1050 g/mol. The molecule has 0 amide bonds. The normalized spacial score (nSPS) is 25.3. The first kappa shape index (κ1) is 67.5. The number of ether oxygens (including phenoxy) is 6. The van der Waals surface area contributed by atoms with Crippen molar-refractivity contribution >= 4 is 5.97 Å². The monoisotopic (exact) mass is 1050 g/mol. The van der Waals surface area contributed by atoms with Gasteiger partial charge in [-0.2, -0.15) is 0 Å². The summed E-state index contributed by atoms with van der Waals surface area (Å²) in [6.45, 7) is 3.55. The van der Waals surface area contributed by atoms with Crippen molar-refractivity contribution in [3.05, 3.63) is 72.9 Å². The lowest BCUT2D eigenvalue weighted by atomic mass is 9.98. The first-order chi connectivity index (χ1) is 36.1. The molecule has 2 aliphatic rings. The third kappa shape index (κ3) is 32.9. The molecule has 11 unspecified atom stereocenters. The Kier molecular flexibility index (Phi) is 42.5. The molecular weight excluding hydrogens is 945 g/mol. The minimum atomic E-state index is -1.71. The molecule has 2 rings (SSSR count). The van der Waals surface area contributed by atoms with E-state index in [1.807, 2.05) is 0 Å². The lowest BCUT2D eigenvalue weighted by Gasteiger charge is -2.42. The fourth-order valence-corrected chi connectivity index (χ4v) is 8.82. The van der Waals surface area contributed by atoms with Crippen LogP contribution in [0.15, 0.2) is 72.9 Å². The van der Waals surface area contributed by atoms with E-state index in [1.165, 1.54) is 83.5 Å². The van der Waals surface area contributed by atoms with Crippen LogP contribution >= 0.6 is 0 Å². The highest BCUT2D eigenvalue weighted by Crippen LogP contribution is 2.26. The summed E-state index contributed by atoms with van der Waals surface area (Å²) in [4.78, 5) is 13.0. The molecule has 428 valence electrons. The number of carbonyl (C=O) groups excluding carboxylic acids is 1. The van der Waals surface area contributed by atoms with Crippen LogP contribution in [0.25, 0.3) is 0 Å². The van der Waals surface area contributed by atoms with Crippen molar-refractivity contribution in [2.24, 2.45) is 0 Å². The van der Waals surface area contributed by atoms with Crippen LogP contribution in [0.3, 0.4) is 0 Å². The molecule has 0 aromatic heterocycles. The maximum absolute atomic E-state index is 13.0. The molecule has 7 N–H and O–H groups in total. The summed E-state index contributed by atoms with van der Waals surface area (Å²) in [7, 11) is 0. The zero-order chi connectivity index (χ0) is 53.7. The van der Waals surface area contributed by atoms with Gasteiger partial charge in [-0.15, -0.1) is 0 Å². The number of aliphatic hydroxyl groups is 7. The zero-order valence-electron chi connectivity index (χ0n) is 45.8. The van der Waals surface area contributed by atoms with Crippen LogP contribution in [-0.4, -0.2) is 142 Å². The van der Waals surface area contributed by atoms with Gasteiger partial charge in [0.05, 0.1) is 26.4 Å². The van der Waals surface area contributed by atoms with Crippen molar-refractivity contribution in [1.29, 1.82) is 0 Å². The van der Waals surface area contributed by atoms with Gasteiger partial charge in [0.25, 0.3) is 0 Å². The molecule has 14 heteroatoms. The quantitative estimate of drug-likeness (QED) is 0.0172. The first-order valence-electron chi connectivity index (χ1n) is 29.0. The van der Waals surface area contributed by atoms with E-state index in [0.717, 1.165) is 89.9 Å². The van der Waals surface area contributed by atoms with Crippen molar-refractivity contribution in [2.45, 2.75) is 268 Å². The van der Waals surface area contributed by atoms with Crippen molar-refractivity contribution in [3.8, 4) is 0 Å². The smallest absolute Gasteiger partial charge is 0.306 e. The van der Waals surface area contributed by atoms with Gasteiger partial charge in [0, 0.05) is 13.0 Å². The number of aliphatic hydroxyl groups excluding tert-OH is 7. The van der Waals surface area contributed by atoms with E-state index in [9.17, 15) is 40.5 Å². The average Bonchev–Trinajstić information content (AvgIpc) is 3.40. The molecule has 0 saturated carbocycles. The summed E-state index contributed by atoms with van der Waals surface area (Å²) in [6.07, 6.45) is 42.5. The largest absolute Gasteiger partial charge is 0.457 e. The molecule has 11 atom stereocenters. The predicted molar refractivity (Wildman–Crippen MR) is 293 cm³/mol. The van der Waals surface area contributed by atoms with E-state index in [-0.39, 0.29) is 25.6 Å². The highest BCUT2D eigenvalue weighted by Gasteiger charge is 2.47. The molecule has 74 heavy (non-hydrogen) atoms. The second-order valence-electron chi connectivity index (χ2n) is 20.1. The second kappa shape index (κ2) is 46.5. The van der Waals surface area contributed by atoms with Crippen LogP contribution in [0, 0.1) is 0 Å². The molecule has 0 bridgehead atoms. The summed E-state index contributed by atoms with van der Waals surface area (Å²) in [5.74, 6) is -0.381. The lowest BCUT2D eigenvalue weighted by Crippen LogP contribution is -2.61. The molecule has 2 fully saturated rings. The number of hydrogen-bond donors (Lipinski definition) is 7. The van der Waals surface area contributed by atoms with Gasteiger partial charge in [-0.3, -0.25) is 4.79 Å². The predicted octanol–water partition coefficient (Wildman–Crippen LogP) is 10.2. The molecule has 2 aliphatic heterocycles. The molecular formula is C60H104O14. The van der Waals surface area contributed by atoms with Crippen molar-refractivity contribution in [1.82, 2.24) is 0 Å². The third-order valence-corrected chi connectivity index (χ3v) is 13.5. The Balaban J connectivity index is 1.70. The van der Waals surface area contributed by atoms with E-state index >= 15 is 0 Å². The summed E-state index contributed by atoms with van der Waals surface area (Å²) >= 11 is 0. The number of esters is 1. The van der Waals surface area contributed by atoms with Gasteiger partial charge >= 0.3 is 5.97 Å². The maximum atomic E-state index is 13.0. The Labute approximate surface area is 447 Å². The highest BCUT2D eigenvalue weighted by molar-refractivity contribution is 5.69. The van der Waals surface area contributed by atoms with Gasteiger partial charge in [-0.25, -0.2) is 0 Å². The molecule has 0 radical (unpaired) electrons. The Hall–Kier alpha value is -2.57. The molecule has 14 nitrogen and oxygen atoms in total. The maximum Gasteiger partial charge on any atom is 0.306 e. The molecule has 0 aromatic rings. The number of allylic oxidation sites excluding steroid dienone is 12. The third-order valence-electron chi connectivity index (χ3n) is 13.5. The van der Waals surface area contributed by atoms with Crippen molar-refractivity contribution in [3.63, 3.8) is 0 Å². The molecule has 2 heterocycles. The van der Waals surface area contributed by atoms with Crippen LogP contribution in [-0.2, 0) is 33.2 Å². The van der Waals surface area contributed by atoms with Gasteiger partial charge in [-0.05, 0) is 64.2 Å². The summed E-state index contributed by atoms with van der Waals surface area (Å²) in [5, 5.41) is 72.3. The minimum Gasteiger partial charge on any atom is -0.457 e. The fraction of sp³-hybridized carbons (Fsp3) is 0.783. The van der Waals surface area contributed by atoms with Crippen LogP contribution in [0.2, 0.25) is 0 Å². The zero-order valence-corrected chi connectivity index (χ0v) is 45.8. The lowest BCUT2D eigenvalue weighted by molar-refractivity contribution is -0.332.